The first kappa shape index (κ1) is 15.8. The molecule has 0 amide bonds. The van der Waals surface area contributed by atoms with Crippen molar-refractivity contribution < 1.29 is 13.9 Å². The second-order valence-corrected chi connectivity index (χ2v) is 4.86. The smallest absolute Gasteiger partial charge is 0.150 e. The van der Waals surface area contributed by atoms with Crippen molar-refractivity contribution in [2.24, 2.45) is 0 Å². The van der Waals surface area contributed by atoms with Crippen LogP contribution in [-0.4, -0.2) is 20.3 Å². The standard InChI is InChI=1S/C16H17ClFNO2/c1-20-10-9-19-11-12-3-2-4-15(17)16(12)21-14-7-5-13(18)6-8-14/h2-8,19H,9-11H2,1H3. The number of hydrogen-bond donors (Lipinski definition) is 1. The summed E-state index contributed by atoms with van der Waals surface area (Å²) in [4.78, 5) is 0. The van der Waals surface area contributed by atoms with Crippen molar-refractivity contribution >= 4 is 11.6 Å². The molecule has 2 rings (SSSR count). The number of nitrogens with one attached hydrogen (secondary N) is 1. The Hall–Kier alpha value is -1.62. The normalized spacial score (nSPS) is 10.6. The van der Waals surface area contributed by atoms with Crippen LogP contribution in [0.5, 0.6) is 11.5 Å². The number of hydrogen-bond acceptors (Lipinski definition) is 3. The first-order chi connectivity index (χ1) is 10.2. The Labute approximate surface area is 128 Å². The Morgan fingerprint density at radius 3 is 2.62 bits per heavy atom. The maximum Gasteiger partial charge on any atom is 0.150 e. The fraction of sp³-hybridized carbons (Fsp3) is 0.250. The van der Waals surface area contributed by atoms with Crippen molar-refractivity contribution in [3.63, 3.8) is 0 Å². The minimum Gasteiger partial charge on any atom is -0.455 e. The number of rotatable bonds is 7. The highest BCUT2D eigenvalue weighted by Gasteiger charge is 2.09. The van der Waals surface area contributed by atoms with E-state index in [0.717, 1.165) is 12.1 Å². The molecule has 21 heavy (non-hydrogen) atoms. The van der Waals surface area contributed by atoms with Gasteiger partial charge in [0, 0.05) is 25.8 Å². The van der Waals surface area contributed by atoms with Crippen molar-refractivity contribution in [1.29, 1.82) is 0 Å². The van der Waals surface area contributed by atoms with E-state index in [1.807, 2.05) is 12.1 Å². The van der Waals surface area contributed by atoms with Crippen LogP contribution in [-0.2, 0) is 11.3 Å². The number of benzene rings is 2. The minimum atomic E-state index is -0.303. The molecule has 0 aliphatic heterocycles. The van der Waals surface area contributed by atoms with Crippen LogP contribution in [0.4, 0.5) is 4.39 Å². The van der Waals surface area contributed by atoms with Crippen LogP contribution in [0.1, 0.15) is 5.56 Å². The maximum atomic E-state index is 12.9. The van der Waals surface area contributed by atoms with E-state index in [0.29, 0.717) is 29.7 Å². The summed E-state index contributed by atoms with van der Waals surface area (Å²) in [6.45, 7) is 1.98. The number of ether oxygens (including phenoxy) is 2. The van der Waals surface area contributed by atoms with Crippen LogP contribution >= 0.6 is 11.6 Å². The van der Waals surface area contributed by atoms with Crippen LogP contribution in [0.15, 0.2) is 42.5 Å². The fourth-order valence-corrected chi connectivity index (χ4v) is 2.06. The molecule has 0 radical (unpaired) electrons. The fourth-order valence-electron chi connectivity index (χ4n) is 1.82. The van der Waals surface area contributed by atoms with Gasteiger partial charge in [-0.3, -0.25) is 0 Å². The molecule has 1 N–H and O–H groups in total. The van der Waals surface area contributed by atoms with Crippen LogP contribution in [0.2, 0.25) is 5.02 Å². The minimum absolute atomic E-state index is 0.303. The predicted octanol–water partition coefficient (Wildman–Crippen LogP) is 4.01. The topological polar surface area (TPSA) is 30.5 Å². The van der Waals surface area contributed by atoms with Crippen LogP contribution in [0.25, 0.3) is 0 Å². The van der Waals surface area contributed by atoms with E-state index >= 15 is 0 Å². The highest BCUT2D eigenvalue weighted by Crippen LogP contribution is 2.33. The second kappa shape index (κ2) is 7.98. The van der Waals surface area contributed by atoms with Crippen molar-refractivity contribution in [2.75, 3.05) is 20.3 Å². The molecule has 112 valence electrons. The van der Waals surface area contributed by atoms with Crippen molar-refractivity contribution in [3.05, 3.63) is 58.9 Å². The molecule has 0 aromatic heterocycles. The average Bonchev–Trinajstić information content (AvgIpc) is 2.49. The molecule has 0 aliphatic rings. The Bertz CT molecular complexity index is 575. The summed E-state index contributed by atoms with van der Waals surface area (Å²) in [5.74, 6) is 0.821. The quantitative estimate of drug-likeness (QED) is 0.784. The lowest BCUT2D eigenvalue weighted by Gasteiger charge is -2.13. The zero-order valence-electron chi connectivity index (χ0n) is 11.7. The third-order valence-electron chi connectivity index (χ3n) is 2.88. The first-order valence-corrected chi connectivity index (χ1v) is 6.99. The highest BCUT2D eigenvalue weighted by atomic mass is 35.5. The average molecular weight is 310 g/mol. The van der Waals surface area contributed by atoms with E-state index in [9.17, 15) is 4.39 Å². The predicted molar refractivity (Wildman–Crippen MR) is 81.5 cm³/mol. The Morgan fingerprint density at radius 2 is 1.90 bits per heavy atom. The van der Waals surface area contributed by atoms with E-state index in [2.05, 4.69) is 5.32 Å². The number of halogens is 2. The Balaban J connectivity index is 2.11. The molecule has 0 spiro atoms. The van der Waals surface area contributed by atoms with Gasteiger partial charge in [0.1, 0.15) is 17.3 Å². The van der Waals surface area contributed by atoms with Gasteiger partial charge in [-0.05, 0) is 30.3 Å². The van der Waals surface area contributed by atoms with Crippen molar-refractivity contribution in [1.82, 2.24) is 5.32 Å². The van der Waals surface area contributed by atoms with Gasteiger partial charge in [-0.25, -0.2) is 4.39 Å². The van der Waals surface area contributed by atoms with E-state index in [1.165, 1.54) is 12.1 Å². The zero-order valence-corrected chi connectivity index (χ0v) is 12.5. The van der Waals surface area contributed by atoms with Crippen LogP contribution in [0, 0.1) is 5.82 Å². The van der Waals surface area contributed by atoms with E-state index in [1.54, 1.807) is 25.3 Å². The molecule has 0 aliphatic carbocycles. The molecule has 5 heteroatoms. The molecule has 2 aromatic carbocycles. The lowest BCUT2D eigenvalue weighted by molar-refractivity contribution is 0.199. The van der Waals surface area contributed by atoms with Gasteiger partial charge >= 0.3 is 0 Å². The summed E-state index contributed by atoms with van der Waals surface area (Å²) < 4.78 is 23.7. The summed E-state index contributed by atoms with van der Waals surface area (Å²) >= 11 is 6.20. The Morgan fingerprint density at radius 1 is 1.14 bits per heavy atom. The van der Waals surface area contributed by atoms with Gasteiger partial charge in [0.25, 0.3) is 0 Å². The van der Waals surface area contributed by atoms with E-state index < -0.39 is 0 Å². The van der Waals surface area contributed by atoms with Gasteiger partial charge in [0.05, 0.1) is 11.6 Å². The van der Waals surface area contributed by atoms with Crippen molar-refractivity contribution in [3.8, 4) is 11.5 Å². The molecular weight excluding hydrogens is 293 g/mol. The highest BCUT2D eigenvalue weighted by molar-refractivity contribution is 6.32. The maximum absolute atomic E-state index is 12.9. The third kappa shape index (κ3) is 4.70. The van der Waals surface area contributed by atoms with Crippen molar-refractivity contribution in [2.45, 2.75) is 6.54 Å². The zero-order chi connectivity index (χ0) is 15.1. The van der Waals surface area contributed by atoms with Gasteiger partial charge in [-0.2, -0.15) is 0 Å². The summed E-state index contributed by atoms with van der Waals surface area (Å²) in [5.41, 5.74) is 0.933. The molecule has 0 unspecified atom stereocenters. The van der Waals surface area contributed by atoms with Gasteiger partial charge < -0.3 is 14.8 Å². The largest absolute Gasteiger partial charge is 0.455 e. The lowest BCUT2D eigenvalue weighted by atomic mass is 10.2. The lowest BCUT2D eigenvalue weighted by Crippen LogP contribution is -2.18. The van der Waals surface area contributed by atoms with Gasteiger partial charge in [0.15, 0.2) is 0 Å². The monoisotopic (exact) mass is 309 g/mol. The molecule has 0 saturated carbocycles. The molecular formula is C16H17ClFNO2. The number of methoxy groups -OCH3 is 1. The third-order valence-corrected chi connectivity index (χ3v) is 3.18. The van der Waals surface area contributed by atoms with Gasteiger partial charge in [-0.15, -0.1) is 0 Å². The molecule has 2 aromatic rings. The Kier molecular flexibility index (Phi) is 5.99. The van der Waals surface area contributed by atoms with Gasteiger partial charge in [-0.1, -0.05) is 23.7 Å². The van der Waals surface area contributed by atoms with Crippen LogP contribution in [0.3, 0.4) is 0 Å². The molecule has 0 fully saturated rings. The molecule has 0 heterocycles. The SMILES string of the molecule is COCCNCc1cccc(Cl)c1Oc1ccc(F)cc1. The van der Waals surface area contributed by atoms with Gasteiger partial charge in [0.2, 0.25) is 0 Å². The number of para-hydroxylation sites is 1. The van der Waals surface area contributed by atoms with E-state index in [4.69, 9.17) is 21.1 Å². The second-order valence-electron chi connectivity index (χ2n) is 4.45. The first-order valence-electron chi connectivity index (χ1n) is 6.61. The molecule has 3 nitrogen and oxygen atoms in total. The summed E-state index contributed by atoms with van der Waals surface area (Å²) in [5, 5.41) is 3.76. The summed E-state index contributed by atoms with van der Waals surface area (Å²) in [6.07, 6.45) is 0. The molecule has 0 bridgehead atoms. The van der Waals surface area contributed by atoms with Crippen LogP contribution < -0.4 is 10.1 Å². The summed E-state index contributed by atoms with van der Waals surface area (Å²) in [7, 11) is 1.66. The van der Waals surface area contributed by atoms with E-state index in [-0.39, 0.29) is 5.82 Å². The molecule has 0 atom stereocenters. The molecule has 0 saturated heterocycles. The summed E-state index contributed by atoms with van der Waals surface area (Å²) in [6, 6.07) is 11.4.